The van der Waals surface area contributed by atoms with Crippen molar-refractivity contribution >= 4 is 50.3 Å². The molecule has 0 atom stereocenters. The van der Waals surface area contributed by atoms with Crippen LogP contribution in [0.1, 0.15) is 11.3 Å². The van der Waals surface area contributed by atoms with Gasteiger partial charge in [-0.1, -0.05) is 42.5 Å². The molecule has 2 aromatic carbocycles. The molecular weight excluding hydrogens is 475 g/mol. The molecule has 0 aliphatic carbocycles. The summed E-state index contributed by atoms with van der Waals surface area (Å²) in [7, 11) is 0. The van der Waals surface area contributed by atoms with Gasteiger partial charge in [-0.25, -0.2) is 14.6 Å². The number of rotatable bonds is 3. The number of aryl methyl sites for hydroxylation is 1. The summed E-state index contributed by atoms with van der Waals surface area (Å²) < 4.78 is 2.64. The van der Waals surface area contributed by atoms with Crippen molar-refractivity contribution < 1.29 is 0 Å². The average molecular weight is 492 g/mol. The fraction of sp³-hybridized carbons (Fsp3) is 0.0909. The Morgan fingerprint density at radius 3 is 2.66 bits per heavy atom. The second-order valence-electron chi connectivity index (χ2n) is 6.90. The molecule has 142 valence electrons. The molecule has 0 fully saturated rings. The number of nitrogens with two attached hydrogens (primary N) is 1. The molecule has 7 heteroatoms. The lowest BCUT2D eigenvalue weighted by Gasteiger charge is -2.13. The molecule has 0 spiro atoms. The molecule has 0 saturated carbocycles. The van der Waals surface area contributed by atoms with E-state index in [1.165, 1.54) is 17.5 Å². The van der Waals surface area contributed by atoms with E-state index in [0.29, 0.717) is 18.0 Å². The fourth-order valence-electron chi connectivity index (χ4n) is 3.62. The maximum absolute atomic E-state index is 6.05. The average Bonchev–Trinajstić information content (AvgIpc) is 3.04. The van der Waals surface area contributed by atoms with Gasteiger partial charge in [0.2, 0.25) is 0 Å². The van der Waals surface area contributed by atoms with Crippen LogP contribution in [0.4, 0.5) is 5.82 Å². The van der Waals surface area contributed by atoms with Gasteiger partial charge >= 0.3 is 0 Å². The van der Waals surface area contributed by atoms with Gasteiger partial charge in [0.05, 0.1) is 23.1 Å². The van der Waals surface area contributed by atoms with E-state index in [2.05, 4.69) is 81.0 Å². The summed E-state index contributed by atoms with van der Waals surface area (Å²) in [5, 5.41) is 6.56. The number of benzene rings is 2. The highest BCUT2D eigenvalue weighted by Crippen LogP contribution is 2.31. The number of halogens is 1. The Bertz CT molecular complexity index is 1370. The van der Waals surface area contributed by atoms with Gasteiger partial charge in [-0.3, -0.25) is 4.98 Å². The van der Waals surface area contributed by atoms with Gasteiger partial charge in [-0.15, -0.1) is 0 Å². The summed E-state index contributed by atoms with van der Waals surface area (Å²) in [4.78, 5) is 13.5. The lowest BCUT2D eigenvalue weighted by atomic mass is 9.97. The van der Waals surface area contributed by atoms with Crippen LogP contribution in [0.3, 0.4) is 0 Å². The smallest absolute Gasteiger partial charge is 0.164 e. The zero-order chi connectivity index (χ0) is 20.0. The van der Waals surface area contributed by atoms with Crippen LogP contribution >= 0.6 is 22.6 Å². The zero-order valence-corrected chi connectivity index (χ0v) is 17.8. The Balaban J connectivity index is 1.74. The monoisotopic (exact) mass is 492 g/mol. The van der Waals surface area contributed by atoms with Crippen LogP contribution in [-0.4, -0.2) is 24.7 Å². The van der Waals surface area contributed by atoms with Crippen LogP contribution in [0.2, 0.25) is 0 Å². The minimum absolute atomic E-state index is 0.441. The lowest BCUT2D eigenvalue weighted by molar-refractivity contribution is 0.686. The largest absolute Gasteiger partial charge is 0.383 e. The number of pyridine rings is 1. The van der Waals surface area contributed by atoms with E-state index in [-0.39, 0.29) is 0 Å². The molecule has 0 amide bonds. The minimum Gasteiger partial charge on any atom is -0.383 e. The number of hydrogen-bond donors (Lipinski definition) is 1. The van der Waals surface area contributed by atoms with Crippen molar-refractivity contribution in [1.29, 1.82) is 0 Å². The molecule has 0 saturated heterocycles. The maximum atomic E-state index is 6.05. The summed E-state index contributed by atoms with van der Waals surface area (Å²) in [5.41, 5.74) is 12.1. The first-order valence-electron chi connectivity index (χ1n) is 9.19. The number of para-hydroxylation sites is 1. The Morgan fingerprint density at radius 1 is 1.00 bits per heavy atom. The highest BCUT2D eigenvalue weighted by Gasteiger charge is 2.17. The van der Waals surface area contributed by atoms with Crippen molar-refractivity contribution in [3.8, 4) is 11.1 Å². The van der Waals surface area contributed by atoms with Gasteiger partial charge < -0.3 is 5.73 Å². The molecular formula is C22H17IN6. The van der Waals surface area contributed by atoms with Gasteiger partial charge in [0.25, 0.3) is 0 Å². The quantitative estimate of drug-likeness (QED) is 0.373. The number of anilines is 1. The van der Waals surface area contributed by atoms with Gasteiger partial charge in [0, 0.05) is 10.9 Å². The second-order valence-corrected chi connectivity index (χ2v) is 7.92. The molecule has 0 aliphatic rings. The highest BCUT2D eigenvalue weighted by molar-refractivity contribution is 14.1. The topological polar surface area (TPSA) is 82.5 Å². The van der Waals surface area contributed by atoms with Crippen molar-refractivity contribution in [3.63, 3.8) is 0 Å². The van der Waals surface area contributed by atoms with Crippen molar-refractivity contribution in [2.24, 2.45) is 0 Å². The van der Waals surface area contributed by atoms with E-state index in [1.807, 2.05) is 22.9 Å². The zero-order valence-electron chi connectivity index (χ0n) is 15.7. The van der Waals surface area contributed by atoms with Crippen LogP contribution in [0.15, 0.2) is 60.9 Å². The normalized spacial score (nSPS) is 11.4. The van der Waals surface area contributed by atoms with Crippen LogP contribution < -0.4 is 5.73 Å². The van der Waals surface area contributed by atoms with E-state index in [1.54, 1.807) is 0 Å². The lowest BCUT2D eigenvalue weighted by Crippen LogP contribution is -2.07. The van der Waals surface area contributed by atoms with Crippen molar-refractivity contribution in [3.05, 3.63) is 75.9 Å². The van der Waals surface area contributed by atoms with Crippen LogP contribution in [0.25, 0.3) is 33.1 Å². The Kier molecular flexibility index (Phi) is 4.39. The molecule has 0 aliphatic heterocycles. The highest BCUT2D eigenvalue weighted by atomic mass is 127. The SMILES string of the molecule is Cc1ccccc1-c1cc2ccccc2nc1Cn1nc(I)c2c(N)ncnc21. The number of nitrogen functional groups attached to an aromatic ring is 1. The van der Waals surface area contributed by atoms with Gasteiger partial charge in [0.15, 0.2) is 5.65 Å². The van der Waals surface area contributed by atoms with Crippen molar-refractivity contribution in [2.45, 2.75) is 13.5 Å². The second kappa shape index (κ2) is 7.07. The molecule has 29 heavy (non-hydrogen) atoms. The standard InChI is InChI=1S/C22H17IN6/c1-13-6-2-4-8-15(13)16-10-14-7-3-5-9-17(14)27-18(16)11-29-22-19(20(23)28-29)21(24)25-12-26-22/h2-10,12H,11H2,1H3,(H2,24,25,26). The fourth-order valence-corrected chi connectivity index (χ4v) is 4.40. The molecule has 0 bridgehead atoms. The maximum Gasteiger partial charge on any atom is 0.164 e. The summed E-state index contributed by atoms with van der Waals surface area (Å²) >= 11 is 2.17. The molecule has 2 N–H and O–H groups in total. The van der Waals surface area contributed by atoms with Crippen LogP contribution in [0, 0.1) is 10.6 Å². The number of aromatic nitrogens is 5. The Labute approximate surface area is 181 Å². The van der Waals surface area contributed by atoms with Gasteiger partial charge in [0.1, 0.15) is 15.8 Å². The first-order chi connectivity index (χ1) is 14.1. The molecule has 5 rings (SSSR count). The molecule has 0 radical (unpaired) electrons. The third-order valence-electron chi connectivity index (χ3n) is 5.05. The predicted molar refractivity (Wildman–Crippen MR) is 123 cm³/mol. The van der Waals surface area contributed by atoms with Gasteiger partial charge in [-0.2, -0.15) is 5.10 Å². The predicted octanol–water partition coefficient (Wildman–Crippen LogP) is 4.59. The number of fused-ring (bicyclic) bond motifs is 2. The number of hydrogen-bond acceptors (Lipinski definition) is 5. The third-order valence-corrected chi connectivity index (χ3v) is 5.81. The molecule has 5 aromatic rings. The summed E-state index contributed by atoms with van der Waals surface area (Å²) in [6, 6.07) is 18.7. The third kappa shape index (κ3) is 3.11. The van der Waals surface area contributed by atoms with Crippen molar-refractivity contribution in [2.75, 3.05) is 5.73 Å². The first kappa shape index (κ1) is 18.0. The summed E-state index contributed by atoms with van der Waals surface area (Å²) in [6.07, 6.45) is 1.47. The van der Waals surface area contributed by atoms with E-state index < -0.39 is 0 Å². The van der Waals surface area contributed by atoms with E-state index in [9.17, 15) is 0 Å². The van der Waals surface area contributed by atoms with E-state index in [0.717, 1.165) is 31.2 Å². The first-order valence-corrected chi connectivity index (χ1v) is 10.3. The van der Waals surface area contributed by atoms with Gasteiger partial charge in [-0.05, 0) is 52.8 Å². The molecule has 3 aromatic heterocycles. The molecule has 3 heterocycles. The summed E-state index contributed by atoms with van der Waals surface area (Å²) in [6.45, 7) is 2.61. The van der Waals surface area contributed by atoms with Crippen molar-refractivity contribution in [1.82, 2.24) is 24.7 Å². The molecule has 0 unspecified atom stereocenters. The summed E-state index contributed by atoms with van der Waals surface area (Å²) in [5.74, 6) is 0.441. The molecule has 6 nitrogen and oxygen atoms in total. The van der Waals surface area contributed by atoms with Crippen LogP contribution in [0.5, 0.6) is 0 Å². The minimum atomic E-state index is 0.441. The Hall–Kier alpha value is -3.07. The van der Waals surface area contributed by atoms with E-state index in [4.69, 9.17) is 10.7 Å². The number of nitrogens with zero attached hydrogens (tertiary/aromatic N) is 5. The van der Waals surface area contributed by atoms with E-state index >= 15 is 0 Å². The Morgan fingerprint density at radius 2 is 1.79 bits per heavy atom. The van der Waals surface area contributed by atoms with Crippen LogP contribution in [-0.2, 0) is 6.54 Å².